The average Bonchev–Trinajstić information content (AvgIpc) is 2.63. The lowest BCUT2D eigenvalue weighted by molar-refractivity contribution is 0.152. The smallest absolute Gasteiger partial charge is 0.157 e. The van der Waals surface area contributed by atoms with Crippen LogP contribution in [0, 0.1) is 0 Å². The van der Waals surface area contributed by atoms with E-state index in [0.29, 0.717) is 0 Å². The third kappa shape index (κ3) is 3.91. The monoisotopic (exact) mass is 416 g/mol. The van der Waals surface area contributed by atoms with Crippen molar-refractivity contribution in [2.75, 3.05) is 0 Å². The molecule has 9 heteroatoms. The van der Waals surface area contributed by atoms with E-state index in [2.05, 4.69) is 0 Å². The van der Waals surface area contributed by atoms with Crippen LogP contribution in [0.1, 0.15) is 22.6 Å². The molecule has 158 valence electrons. The maximum absolute atomic E-state index is 11.0. The summed E-state index contributed by atoms with van der Waals surface area (Å²) in [6.45, 7) is 0. The van der Waals surface area contributed by atoms with Gasteiger partial charge in [-0.1, -0.05) is 6.07 Å². The van der Waals surface area contributed by atoms with E-state index >= 15 is 0 Å². The van der Waals surface area contributed by atoms with Gasteiger partial charge in [-0.3, -0.25) is 0 Å². The minimum atomic E-state index is -1.49. The van der Waals surface area contributed by atoms with Crippen LogP contribution in [0.3, 0.4) is 0 Å². The predicted octanol–water partition coefficient (Wildman–Crippen LogP) is 2.07. The third-order valence-corrected chi connectivity index (χ3v) is 4.78. The molecule has 0 spiro atoms. The van der Waals surface area contributed by atoms with E-state index in [1.165, 1.54) is 6.07 Å². The predicted molar refractivity (Wildman–Crippen MR) is 104 cm³/mol. The molecule has 3 aromatic carbocycles. The quantitative estimate of drug-likeness (QED) is 0.281. The highest BCUT2D eigenvalue weighted by Crippen LogP contribution is 2.45. The summed E-state index contributed by atoms with van der Waals surface area (Å²) in [5, 5.41) is 90.1. The number of phenolic OH excluding ortho intramolecular Hbond substituents is 8. The molecule has 0 saturated carbocycles. The Morgan fingerprint density at radius 3 is 1.57 bits per heavy atom. The lowest BCUT2D eigenvalue weighted by atomic mass is 9.82. The summed E-state index contributed by atoms with van der Waals surface area (Å²) >= 11 is 0. The molecule has 3 rings (SSSR count). The van der Waals surface area contributed by atoms with Gasteiger partial charge in [0.15, 0.2) is 11.5 Å². The standard InChI is InChI=1S/C21H20O9/c22-10-4-14(25)12(15(26)5-10)8-19(30)20(9-1-2-13(24)16(27)3-9)21-17(28)6-11(23)7-18(21)29/h1-7,19-20,22-30H,8H2. The summed E-state index contributed by atoms with van der Waals surface area (Å²) in [5.41, 5.74) is -0.124. The van der Waals surface area contributed by atoms with Crippen molar-refractivity contribution in [3.63, 3.8) is 0 Å². The summed E-state index contributed by atoms with van der Waals surface area (Å²) in [6, 6.07) is 7.44. The minimum Gasteiger partial charge on any atom is -0.508 e. The number of rotatable bonds is 5. The Morgan fingerprint density at radius 2 is 1.07 bits per heavy atom. The molecule has 0 aliphatic heterocycles. The van der Waals surface area contributed by atoms with Crippen molar-refractivity contribution in [3.8, 4) is 46.0 Å². The van der Waals surface area contributed by atoms with Crippen LogP contribution in [0.15, 0.2) is 42.5 Å². The fraction of sp³-hybridized carbons (Fsp3) is 0.143. The molecule has 0 saturated heterocycles. The van der Waals surface area contributed by atoms with Gasteiger partial charge in [-0.05, 0) is 17.7 Å². The summed E-state index contributed by atoms with van der Waals surface area (Å²) in [7, 11) is 0. The maximum atomic E-state index is 11.0. The van der Waals surface area contributed by atoms with Gasteiger partial charge >= 0.3 is 0 Å². The maximum Gasteiger partial charge on any atom is 0.157 e. The van der Waals surface area contributed by atoms with Crippen molar-refractivity contribution in [2.45, 2.75) is 18.4 Å². The van der Waals surface area contributed by atoms with Crippen molar-refractivity contribution < 1.29 is 46.0 Å². The number of hydrogen-bond acceptors (Lipinski definition) is 9. The molecule has 9 N–H and O–H groups in total. The molecule has 3 aromatic rings. The van der Waals surface area contributed by atoms with Gasteiger partial charge in [0.2, 0.25) is 0 Å². The van der Waals surface area contributed by atoms with E-state index in [1.807, 2.05) is 0 Å². The molecule has 0 heterocycles. The van der Waals surface area contributed by atoms with Gasteiger partial charge in [-0.2, -0.15) is 0 Å². The van der Waals surface area contributed by atoms with Gasteiger partial charge in [-0.15, -0.1) is 0 Å². The average molecular weight is 416 g/mol. The highest BCUT2D eigenvalue weighted by molar-refractivity contribution is 5.56. The summed E-state index contributed by atoms with van der Waals surface area (Å²) in [5.74, 6) is -5.06. The second-order valence-corrected chi connectivity index (χ2v) is 6.86. The van der Waals surface area contributed by atoms with Crippen LogP contribution in [0.25, 0.3) is 0 Å². The van der Waals surface area contributed by atoms with E-state index < -0.39 is 58.0 Å². The van der Waals surface area contributed by atoms with Crippen LogP contribution in [0.5, 0.6) is 46.0 Å². The van der Waals surface area contributed by atoms with Crippen LogP contribution in [-0.2, 0) is 6.42 Å². The second-order valence-electron chi connectivity index (χ2n) is 6.86. The zero-order valence-electron chi connectivity index (χ0n) is 15.4. The molecule has 0 amide bonds. The molecule has 0 fully saturated rings. The number of hydrogen-bond donors (Lipinski definition) is 9. The van der Waals surface area contributed by atoms with E-state index in [0.717, 1.165) is 36.4 Å². The Bertz CT molecular complexity index is 1050. The van der Waals surface area contributed by atoms with Crippen molar-refractivity contribution in [1.82, 2.24) is 0 Å². The Hall–Kier alpha value is -3.98. The Balaban J connectivity index is 2.14. The van der Waals surface area contributed by atoms with Gasteiger partial charge in [0.05, 0.1) is 6.10 Å². The van der Waals surface area contributed by atoms with Gasteiger partial charge in [-0.25, -0.2) is 0 Å². The molecule has 2 atom stereocenters. The Kier molecular flexibility index (Phi) is 5.39. The largest absolute Gasteiger partial charge is 0.508 e. The number of aliphatic hydroxyl groups is 1. The van der Waals surface area contributed by atoms with Crippen LogP contribution < -0.4 is 0 Å². The second kappa shape index (κ2) is 7.80. The zero-order valence-corrected chi connectivity index (χ0v) is 15.4. The van der Waals surface area contributed by atoms with Gasteiger partial charge in [0.1, 0.15) is 34.5 Å². The van der Waals surface area contributed by atoms with E-state index in [1.54, 1.807) is 0 Å². The third-order valence-electron chi connectivity index (χ3n) is 4.78. The van der Waals surface area contributed by atoms with E-state index in [4.69, 9.17) is 0 Å². The van der Waals surface area contributed by atoms with Crippen molar-refractivity contribution in [1.29, 1.82) is 0 Å². The summed E-state index contributed by atoms with van der Waals surface area (Å²) < 4.78 is 0. The lowest BCUT2D eigenvalue weighted by Gasteiger charge is -2.26. The number of phenols is 8. The van der Waals surface area contributed by atoms with E-state index in [9.17, 15) is 46.0 Å². The molecule has 0 aliphatic carbocycles. The molecule has 2 unspecified atom stereocenters. The highest BCUT2D eigenvalue weighted by Gasteiger charge is 2.31. The SMILES string of the molecule is Oc1cc(O)c(CC(O)C(c2ccc(O)c(O)c2)c2c(O)cc(O)cc2O)c(O)c1. The van der Waals surface area contributed by atoms with Gasteiger partial charge in [0, 0.05) is 47.7 Å². The fourth-order valence-corrected chi connectivity index (χ4v) is 3.41. The van der Waals surface area contributed by atoms with Crippen LogP contribution in [-0.4, -0.2) is 52.1 Å². The first-order valence-corrected chi connectivity index (χ1v) is 8.77. The number of aliphatic hydroxyl groups excluding tert-OH is 1. The molecule has 0 bridgehead atoms. The molecule has 0 aromatic heterocycles. The lowest BCUT2D eigenvalue weighted by Crippen LogP contribution is -2.23. The van der Waals surface area contributed by atoms with Gasteiger partial charge in [0.25, 0.3) is 0 Å². The first-order chi connectivity index (χ1) is 14.1. The number of benzene rings is 3. The normalized spacial score (nSPS) is 13.1. The highest BCUT2D eigenvalue weighted by atomic mass is 16.3. The first kappa shape index (κ1) is 20.7. The van der Waals surface area contributed by atoms with Crippen molar-refractivity contribution in [2.24, 2.45) is 0 Å². The fourth-order valence-electron chi connectivity index (χ4n) is 3.41. The molecule has 0 aliphatic rings. The number of aromatic hydroxyl groups is 8. The molecule has 0 radical (unpaired) electrons. The summed E-state index contributed by atoms with van der Waals surface area (Å²) in [4.78, 5) is 0. The molecular formula is C21H20O9. The van der Waals surface area contributed by atoms with Crippen molar-refractivity contribution in [3.05, 3.63) is 59.2 Å². The molecule has 9 nitrogen and oxygen atoms in total. The Morgan fingerprint density at radius 1 is 0.567 bits per heavy atom. The molecule has 30 heavy (non-hydrogen) atoms. The van der Waals surface area contributed by atoms with E-state index in [-0.39, 0.29) is 23.1 Å². The van der Waals surface area contributed by atoms with Crippen LogP contribution in [0.2, 0.25) is 0 Å². The van der Waals surface area contributed by atoms with Crippen LogP contribution >= 0.6 is 0 Å². The summed E-state index contributed by atoms with van der Waals surface area (Å²) in [6.07, 6.45) is -1.87. The van der Waals surface area contributed by atoms with Gasteiger partial charge < -0.3 is 46.0 Å². The van der Waals surface area contributed by atoms with Crippen molar-refractivity contribution >= 4 is 0 Å². The minimum absolute atomic E-state index is 0.106. The van der Waals surface area contributed by atoms with Crippen LogP contribution in [0.4, 0.5) is 0 Å². The Labute approximate surface area is 170 Å². The first-order valence-electron chi connectivity index (χ1n) is 8.77. The topological polar surface area (TPSA) is 182 Å². The molecular weight excluding hydrogens is 396 g/mol. The zero-order chi connectivity index (χ0) is 22.2.